The monoisotopic (exact) mass is 306 g/mol. The largest absolute Gasteiger partial charge is 0.497 e. The van der Waals surface area contributed by atoms with Gasteiger partial charge in [0.15, 0.2) is 0 Å². The van der Waals surface area contributed by atoms with Crippen LogP contribution in [0.4, 0.5) is 5.69 Å². The van der Waals surface area contributed by atoms with E-state index in [1.165, 1.54) is 43.5 Å². The molecular formula is C14H14N2O4S. The molecule has 0 saturated heterocycles. The third-order valence-electron chi connectivity index (χ3n) is 2.77. The molecule has 0 aliphatic carbocycles. The van der Waals surface area contributed by atoms with Crippen LogP contribution in [-0.2, 0) is 10.0 Å². The molecule has 0 aliphatic heterocycles. The highest BCUT2D eigenvalue weighted by Crippen LogP contribution is 2.20. The van der Waals surface area contributed by atoms with Gasteiger partial charge in [0.1, 0.15) is 5.75 Å². The Morgan fingerprint density at radius 3 is 2.38 bits per heavy atom. The van der Waals surface area contributed by atoms with E-state index in [4.69, 9.17) is 10.5 Å². The van der Waals surface area contributed by atoms with Crippen molar-refractivity contribution >= 4 is 21.6 Å². The number of ether oxygens (including phenoxy) is 1. The van der Waals surface area contributed by atoms with Crippen molar-refractivity contribution in [2.24, 2.45) is 5.73 Å². The first-order valence-electron chi connectivity index (χ1n) is 5.99. The number of nitrogens with one attached hydrogen (secondary N) is 1. The number of rotatable bonds is 5. The van der Waals surface area contributed by atoms with Crippen LogP contribution >= 0.6 is 0 Å². The predicted molar refractivity (Wildman–Crippen MR) is 78.8 cm³/mol. The fourth-order valence-electron chi connectivity index (χ4n) is 1.68. The molecule has 0 fully saturated rings. The minimum Gasteiger partial charge on any atom is -0.497 e. The van der Waals surface area contributed by atoms with Gasteiger partial charge in [0.05, 0.1) is 12.0 Å². The zero-order valence-corrected chi connectivity index (χ0v) is 12.1. The Morgan fingerprint density at radius 2 is 1.81 bits per heavy atom. The molecule has 1 amide bonds. The molecule has 0 bridgehead atoms. The van der Waals surface area contributed by atoms with E-state index >= 15 is 0 Å². The molecule has 0 heterocycles. The fraction of sp³-hybridized carbons (Fsp3) is 0.0714. The molecule has 2 aromatic rings. The van der Waals surface area contributed by atoms with Crippen LogP contribution in [0.3, 0.4) is 0 Å². The summed E-state index contributed by atoms with van der Waals surface area (Å²) < 4.78 is 31.9. The quantitative estimate of drug-likeness (QED) is 0.876. The van der Waals surface area contributed by atoms with Crippen LogP contribution in [0.15, 0.2) is 53.4 Å². The molecule has 0 aromatic heterocycles. The van der Waals surface area contributed by atoms with Gasteiger partial charge < -0.3 is 10.5 Å². The van der Waals surface area contributed by atoms with Gasteiger partial charge in [0, 0.05) is 17.3 Å². The second kappa shape index (κ2) is 5.84. The first kappa shape index (κ1) is 14.9. The predicted octanol–water partition coefficient (Wildman–Crippen LogP) is 1.59. The number of hydrogen-bond acceptors (Lipinski definition) is 4. The summed E-state index contributed by atoms with van der Waals surface area (Å²) in [6, 6.07) is 12.0. The van der Waals surface area contributed by atoms with Crippen molar-refractivity contribution in [3.8, 4) is 5.75 Å². The van der Waals surface area contributed by atoms with Crippen LogP contribution in [0.5, 0.6) is 5.75 Å². The lowest BCUT2D eigenvalue weighted by molar-refractivity contribution is 0.100. The highest BCUT2D eigenvalue weighted by atomic mass is 32.2. The molecule has 21 heavy (non-hydrogen) atoms. The number of methoxy groups -OCH3 is 1. The van der Waals surface area contributed by atoms with Crippen molar-refractivity contribution < 1.29 is 17.9 Å². The number of carbonyl (C=O) groups excluding carboxylic acids is 1. The Kier molecular flexibility index (Phi) is 4.13. The summed E-state index contributed by atoms with van der Waals surface area (Å²) in [5.74, 6) is -0.126. The van der Waals surface area contributed by atoms with Gasteiger partial charge in [0.2, 0.25) is 5.91 Å². The molecule has 0 atom stereocenters. The Balaban J connectivity index is 2.26. The highest BCUT2D eigenvalue weighted by Gasteiger charge is 2.15. The first-order chi connectivity index (χ1) is 9.92. The summed E-state index contributed by atoms with van der Waals surface area (Å²) in [6.45, 7) is 0. The number of benzene rings is 2. The molecule has 6 nitrogen and oxygen atoms in total. The smallest absolute Gasteiger partial charge is 0.262 e. The average Bonchev–Trinajstić information content (AvgIpc) is 2.47. The van der Waals surface area contributed by atoms with Gasteiger partial charge in [-0.2, -0.15) is 0 Å². The fourth-order valence-corrected chi connectivity index (χ4v) is 2.78. The summed E-state index contributed by atoms with van der Waals surface area (Å²) in [7, 11) is -2.27. The third-order valence-corrected chi connectivity index (χ3v) is 4.15. The molecule has 0 unspecified atom stereocenters. The van der Waals surface area contributed by atoms with Crippen molar-refractivity contribution in [3.63, 3.8) is 0 Å². The number of primary amides is 1. The van der Waals surface area contributed by atoms with E-state index in [0.29, 0.717) is 17.0 Å². The topological polar surface area (TPSA) is 98.5 Å². The maximum atomic E-state index is 12.2. The Hall–Kier alpha value is -2.54. The van der Waals surface area contributed by atoms with Gasteiger partial charge in [-0.3, -0.25) is 9.52 Å². The van der Waals surface area contributed by atoms with Crippen molar-refractivity contribution in [1.29, 1.82) is 0 Å². The van der Waals surface area contributed by atoms with Gasteiger partial charge in [-0.25, -0.2) is 8.42 Å². The number of hydrogen-bond donors (Lipinski definition) is 2. The van der Waals surface area contributed by atoms with Crippen molar-refractivity contribution in [2.75, 3.05) is 11.8 Å². The Labute approximate surface area is 122 Å². The van der Waals surface area contributed by atoms with E-state index in [1.54, 1.807) is 12.1 Å². The summed E-state index contributed by atoms with van der Waals surface area (Å²) in [6.07, 6.45) is 0. The average molecular weight is 306 g/mol. The standard InChI is InChI=1S/C14H14N2O4S/c1-20-12-3-2-4-13(9-12)21(18,19)16-11-7-5-10(6-8-11)14(15)17/h2-9,16H,1H3,(H2,15,17). The lowest BCUT2D eigenvalue weighted by Gasteiger charge is -2.09. The number of carbonyl (C=O) groups is 1. The summed E-state index contributed by atoms with van der Waals surface area (Å²) in [4.78, 5) is 11.0. The van der Waals surface area contributed by atoms with E-state index in [2.05, 4.69) is 4.72 Å². The first-order valence-corrected chi connectivity index (χ1v) is 7.47. The van der Waals surface area contributed by atoms with Crippen LogP contribution in [0.1, 0.15) is 10.4 Å². The van der Waals surface area contributed by atoms with E-state index in [1.807, 2.05) is 0 Å². The normalized spacial score (nSPS) is 10.9. The van der Waals surface area contributed by atoms with Crippen LogP contribution in [-0.4, -0.2) is 21.4 Å². The highest BCUT2D eigenvalue weighted by molar-refractivity contribution is 7.92. The minimum absolute atomic E-state index is 0.0841. The van der Waals surface area contributed by atoms with Crippen molar-refractivity contribution in [1.82, 2.24) is 0 Å². The lowest BCUT2D eigenvalue weighted by Crippen LogP contribution is -2.14. The van der Waals surface area contributed by atoms with E-state index in [0.717, 1.165) is 0 Å². The SMILES string of the molecule is COc1cccc(S(=O)(=O)Nc2ccc(C(N)=O)cc2)c1. The van der Waals surface area contributed by atoms with Gasteiger partial charge in [-0.05, 0) is 36.4 Å². The third kappa shape index (κ3) is 3.51. The minimum atomic E-state index is -3.73. The Bertz CT molecular complexity index is 755. The molecule has 0 saturated carbocycles. The number of nitrogens with two attached hydrogens (primary N) is 1. The zero-order chi connectivity index (χ0) is 15.5. The molecular weight excluding hydrogens is 292 g/mol. The molecule has 3 N–H and O–H groups in total. The molecule has 0 aliphatic rings. The second-order valence-corrected chi connectivity index (χ2v) is 5.91. The van der Waals surface area contributed by atoms with Gasteiger partial charge in [-0.1, -0.05) is 6.07 Å². The molecule has 0 radical (unpaired) electrons. The second-order valence-electron chi connectivity index (χ2n) is 4.23. The van der Waals surface area contributed by atoms with E-state index in [9.17, 15) is 13.2 Å². The van der Waals surface area contributed by atoms with Crippen LogP contribution < -0.4 is 15.2 Å². The molecule has 2 rings (SSSR count). The maximum Gasteiger partial charge on any atom is 0.262 e. The van der Waals surface area contributed by atoms with Gasteiger partial charge in [0.25, 0.3) is 10.0 Å². The van der Waals surface area contributed by atoms with Crippen LogP contribution in [0.2, 0.25) is 0 Å². The van der Waals surface area contributed by atoms with E-state index < -0.39 is 15.9 Å². The molecule has 7 heteroatoms. The number of sulfonamides is 1. The van der Waals surface area contributed by atoms with Crippen LogP contribution in [0.25, 0.3) is 0 Å². The van der Waals surface area contributed by atoms with Gasteiger partial charge in [-0.15, -0.1) is 0 Å². The molecule has 0 spiro atoms. The van der Waals surface area contributed by atoms with Crippen molar-refractivity contribution in [2.45, 2.75) is 4.90 Å². The summed E-state index contributed by atoms with van der Waals surface area (Å²) in [5.41, 5.74) is 5.76. The Morgan fingerprint density at radius 1 is 1.14 bits per heavy atom. The summed E-state index contributed by atoms with van der Waals surface area (Å²) in [5, 5.41) is 0. The van der Waals surface area contributed by atoms with Crippen LogP contribution in [0, 0.1) is 0 Å². The lowest BCUT2D eigenvalue weighted by atomic mass is 10.2. The zero-order valence-electron chi connectivity index (χ0n) is 11.2. The number of anilines is 1. The molecule has 110 valence electrons. The van der Waals surface area contributed by atoms with Gasteiger partial charge >= 0.3 is 0 Å². The van der Waals surface area contributed by atoms with Crippen molar-refractivity contribution in [3.05, 3.63) is 54.1 Å². The molecule has 2 aromatic carbocycles. The summed E-state index contributed by atoms with van der Waals surface area (Å²) >= 11 is 0. The number of amides is 1. The van der Waals surface area contributed by atoms with E-state index in [-0.39, 0.29) is 4.90 Å². The maximum absolute atomic E-state index is 12.2.